The third-order valence-corrected chi connectivity index (χ3v) is 4.88. The number of nitriles is 1. The molecule has 0 radical (unpaired) electrons. The Morgan fingerprint density at radius 3 is 2.65 bits per heavy atom. The Hall–Kier alpha value is -2.59. The van der Waals surface area contributed by atoms with E-state index >= 15 is 0 Å². The fourth-order valence-electron chi connectivity index (χ4n) is 2.70. The summed E-state index contributed by atoms with van der Waals surface area (Å²) in [5, 5.41) is 12.0. The molecule has 7 heteroatoms. The fourth-order valence-corrected chi connectivity index (χ4v) is 3.59. The second kappa shape index (κ2) is 7.34. The molecule has 0 saturated carbocycles. The molecule has 0 unspecified atom stereocenters. The minimum atomic E-state index is -0.476. The lowest BCUT2D eigenvalue weighted by Gasteiger charge is -2.35. The first kappa shape index (κ1) is 18.2. The molecule has 1 aliphatic rings. The lowest BCUT2D eigenvalue weighted by atomic mass is 10.1. The highest BCUT2D eigenvalue weighted by Crippen LogP contribution is 2.28. The van der Waals surface area contributed by atoms with Gasteiger partial charge in [-0.05, 0) is 32.9 Å². The molecule has 1 aliphatic heterocycles. The lowest BCUT2D eigenvalue weighted by molar-refractivity contribution is 0.0240. The van der Waals surface area contributed by atoms with E-state index in [0.29, 0.717) is 18.7 Å². The molecule has 1 saturated heterocycles. The molecule has 0 spiro atoms. The van der Waals surface area contributed by atoms with Crippen molar-refractivity contribution in [1.82, 2.24) is 9.88 Å². The predicted octanol–water partition coefficient (Wildman–Crippen LogP) is 3.74. The first-order chi connectivity index (χ1) is 12.4. The topological polar surface area (TPSA) is 69.5 Å². The zero-order valence-corrected chi connectivity index (χ0v) is 16.0. The van der Waals surface area contributed by atoms with Crippen LogP contribution in [0.3, 0.4) is 0 Å². The molecule has 1 fully saturated rings. The molecular formula is C19H22N4O2S. The summed E-state index contributed by atoms with van der Waals surface area (Å²) in [6.45, 7) is 8.31. The maximum Gasteiger partial charge on any atom is 0.410 e. The molecule has 6 nitrogen and oxygen atoms in total. The van der Waals surface area contributed by atoms with Crippen LogP contribution in [0.25, 0.3) is 11.3 Å². The molecular weight excluding hydrogens is 348 g/mol. The zero-order chi connectivity index (χ0) is 18.7. The Balaban J connectivity index is 1.63. The van der Waals surface area contributed by atoms with Gasteiger partial charge in [0.15, 0.2) is 5.13 Å². The normalized spacial score (nSPS) is 14.8. The SMILES string of the molecule is CC(C)(C)OC(=O)N1CCN(c2nc(-c3cccc(C#N)c3)cs2)CC1. The monoisotopic (exact) mass is 370 g/mol. The number of piperazine rings is 1. The fraction of sp³-hybridized carbons (Fsp3) is 0.421. The van der Waals surface area contributed by atoms with E-state index in [1.54, 1.807) is 22.3 Å². The van der Waals surface area contributed by atoms with Gasteiger partial charge in [0.25, 0.3) is 0 Å². The maximum atomic E-state index is 12.2. The van der Waals surface area contributed by atoms with Crippen molar-refractivity contribution in [1.29, 1.82) is 5.26 Å². The van der Waals surface area contributed by atoms with Crippen molar-refractivity contribution < 1.29 is 9.53 Å². The van der Waals surface area contributed by atoms with Crippen molar-refractivity contribution in [3.8, 4) is 17.3 Å². The van der Waals surface area contributed by atoms with Gasteiger partial charge in [0, 0.05) is 37.1 Å². The highest BCUT2D eigenvalue weighted by Gasteiger charge is 2.26. The van der Waals surface area contributed by atoms with Gasteiger partial charge in [-0.2, -0.15) is 5.26 Å². The number of hydrogen-bond donors (Lipinski definition) is 0. The summed E-state index contributed by atoms with van der Waals surface area (Å²) in [6, 6.07) is 9.61. The molecule has 1 amide bonds. The second-order valence-electron chi connectivity index (χ2n) is 7.16. The van der Waals surface area contributed by atoms with Crippen molar-refractivity contribution in [3.63, 3.8) is 0 Å². The standard InChI is InChI=1S/C19H22N4O2S/c1-19(2,3)25-18(24)23-9-7-22(8-10-23)17-21-16(13-26-17)15-6-4-5-14(11-15)12-20/h4-6,11,13H,7-10H2,1-3H3. The number of carbonyl (C=O) groups excluding carboxylic acids is 1. The van der Waals surface area contributed by atoms with Crippen LogP contribution in [0.1, 0.15) is 26.3 Å². The van der Waals surface area contributed by atoms with Gasteiger partial charge in [-0.3, -0.25) is 0 Å². The molecule has 1 aromatic carbocycles. The van der Waals surface area contributed by atoms with Crippen LogP contribution in [0.5, 0.6) is 0 Å². The second-order valence-corrected chi connectivity index (χ2v) is 8.00. The summed E-state index contributed by atoms with van der Waals surface area (Å²) in [7, 11) is 0. The number of ether oxygens (including phenoxy) is 1. The van der Waals surface area contributed by atoms with Gasteiger partial charge >= 0.3 is 6.09 Å². The van der Waals surface area contributed by atoms with E-state index in [1.807, 2.05) is 44.4 Å². The molecule has 0 bridgehead atoms. The van der Waals surface area contributed by atoms with Crippen LogP contribution in [-0.4, -0.2) is 47.8 Å². The Morgan fingerprint density at radius 1 is 1.27 bits per heavy atom. The molecule has 0 N–H and O–H groups in total. The third kappa shape index (κ3) is 4.33. The summed E-state index contributed by atoms with van der Waals surface area (Å²) in [4.78, 5) is 20.8. The largest absolute Gasteiger partial charge is 0.444 e. The van der Waals surface area contributed by atoms with Crippen LogP contribution in [0.15, 0.2) is 29.6 Å². The summed E-state index contributed by atoms with van der Waals surface area (Å²) in [5.74, 6) is 0. The molecule has 2 heterocycles. The van der Waals surface area contributed by atoms with Crippen LogP contribution in [0, 0.1) is 11.3 Å². The Morgan fingerprint density at radius 2 is 2.00 bits per heavy atom. The number of rotatable bonds is 2. The number of aromatic nitrogens is 1. The van der Waals surface area contributed by atoms with Gasteiger partial charge in [0.1, 0.15) is 5.60 Å². The molecule has 2 aromatic rings. The Kier molecular flexibility index (Phi) is 5.14. The van der Waals surface area contributed by atoms with Crippen LogP contribution in [-0.2, 0) is 4.74 Å². The summed E-state index contributed by atoms with van der Waals surface area (Å²) in [6.07, 6.45) is -0.259. The summed E-state index contributed by atoms with van der Waals surface area (Å²) in [5.41, 5.74) is 1.97. The molecule has 3 rings (SSSR count). The van der Waals surface area contributed by atoms with Gasteiger partial charge in [0.2, 0.25) is 0 Å². The Bertz CT molecular complexity index is 827. The maximum absolute atomic E-state index is 12.2. The van der Waals surface area contributed by atoms with Crippen molar-refractivity contribution in [2.45, 2.75) is 26.4 Å². The quantitative estimate of drug-likeness (QED) is 0.805. The summed E-state index contributed by atoms with van der Waals surface area (Å²) < 4.78 is 5.43. The molecule has 0 aliphatic carbocycles. The number of amides is 1. The Labute approximate surface area is 157 Å². The number of thiazole rings is 1. The van der Waals surface area contributed by atoms with E-state index < -0.39 is 5.60 Å². The van der Waals surface area contributed by atoms with E-state index in [-0.39, 0.29) is 6.09 Å². The zero-order valence-electron chi connectivity index (χ0n) is 15.2. The van der Waals surface area contributed by atoms with Crippen LogP contribution in [0.4, 0.5) is 9.93 Å². The minimum Gasteiger partial charge on any atom is -0.444 e. The van der Waals surface area contributed by atoms with Gasteiger partial charge in [-0.1, -0.05) is 12.1 Å². The number of carbonyl (C=O) groups is 1. The van der Waals surface area contributed by atoms with Crippen molar-refractivity contribution in [2.24, 2.45) is 0 Å². The third-order valence-electron chi connectivity index (χ3n) is 3.98. The van der Waals surface area contributed by atoms with Crippen LogP contribution in [0.2, 0.25) is 0 Å². The number of benzene rings is 1. The average molecular weight is 370 g/mol. The van der Waals surface area contributed by atoms with E-state index in [2.05, 4.69) is 11.0 Å². The smallest absolute Gasteiger partial charge is 0.410 e. The van der Waals surface area contributed by atoms with E-state index in [9.17, 15) is 4.79 Å². The van der Waals surface area contributed by atoms with Gasteiger partial charge in [0.05, 0.1) is 17.3 Å². The van der Waals surface area contributed by atoms with Crippen molar-refractivity contribution in [3.05, 3.63) is 35.2 Å². The predicted molar refractivity (Wildman–Crippen MR) is 102 cm³/mol. The molecule has 0 atom stereocenters. The number of anilines is 1. The molecule has 136 valence electrons. The number of hydrogen-bond acceptors (Lipinski definition) is 6. The molecule has 1 aromatic heterocycles. The van der Waals surface area contributed by atoms with Crippen LogP contribution < -0.4 is 4.90 Å². The first-order valence-electron chi connectivity index (χ1n) is 8.55. The lowest BCUT2D eigenvalue weighted by Crippen LogP contribution is -2.50. The minimum absolute atomic E-state index is 0.259. The van der Waals surface area contributed by atoms with Crippen molar-refractivity contribution in [2.75, 3.05) is 31.1 Å². The highest BCUT2D eigenvalue weighted by atomic mass is 32.1. The van der Waals surface area contributed by atoms with Gasteiger partial charge in [-0.25, -0.2) is 9.78 Å². The first-order valence-corrected chi connectivity index (χ1v) is 9.42. The van der Waals surface area contributed by atoms with E-state index in [1.165, 1.54) is 0 Å². The molecule has 26 heavy (non-hydrogen) atoms. The van der Waals surface area contributed by atoms with E-state index in [4.69, 9.17) is 15.0 Å². The van der Waals surface area contributed by atoms with Crippen LogP contribution >= 0.6 is 11.3 Å². The van der Waals surface area contributed by atoms with Gasteiger partial charge < -0.3 is 14.5 Å². The van der Waals surface area contributed by atoms with Gasteiger partial charge in [-0.15, -0.1) is 11.3 Å². The van der Waals surface area contributed by atoms with Crippen molar-refractivity contribution >= 4 is 22.6 Å². The van der Waals surface area contributed by atoms with E-state index in [0.717, 1.165) is 29.5 Å². The highest BCUT2D eigenvalue weighted by molar-refractivity contribution is 7.14. The average Bonchev–Trinajstić information content (AvgIpc) is 3.10. The number of nitrogens with zero attached hydrogens (tertiary/aromatic N) is 4. The summed E-state index contributed by atoms with van der Waals surface area (Å²) >= 11 is 1.58.